The maximum atomic E-state index is 6.40. The van der Waals surface area contributed by atoms with Crippen molar-refractivity contribution in [2.45, 2.75) is 46.7 Å². The fourth-order valence-electron chi connectivity index (χ4n) is 2.58. The van der Waals surface area contributed by atoms with Crippen molar-refractivity contribution in [2.75, 3.05) is 0 Å². The highest BCUT2D eigenvalue weighted by Gasteiger charge is 2.17. The Bertz CT molecular complexity index is 641. The zero-order chi connectivity index (χ0) is 15.7. The van der Waals surface area contributed by atoms with Gasteiger partial charge in [0.15, 0.2) is 0 Å². The van der Waals surface area contributed by atoms with Gasteiger partial charge in [0.2, 0.25) is 0 Å². The summed E-state index contributed by atoms with van der Waals surface area (Å²) in [5.41, 5.74) is 11.8. The van der Waals surface area contributed by atoms with Crippen LogP contribution in [0.5, 0.6) is 0 Å². The molecule has 1 heterocycles. The molecular formula is C16H21BrClN3. The SMILES string of the molecule is CCn1nc(C)c(Cl)c1CC(N)c1cc(C)c(Br)c(C)c1. The van der Waals surface area contributed by atoms with Crippen LogP contribution in [0.3, 0.4) is 0 Å². The first-order valence-electron chi connectivity index (χ1n) is 7.09. The van der Waals surface area contributed by atoms with Gasteiger partial charge in [-0.3, -0.25) is 4.68 Å². The average molecular weight is 371 g/mol. The van der Waals surface area contributed by atoms with E-state index in [-0.39, 0.29) is 6.04 Å². The van der Waals surface area contributed by atoms with E-state index in [2.05, 4.69) is 53.9 Å². The van der Waals surface area contributed by atoms with Crippen molar-refractivity contribution in [3.8, 4) is 0 Å². The van der Waals surface area contributed by atoms with Gasteiger partial charge < -0.3 is 5.73 Å². The molecule has 0 fully saturated rings. The van der Waals surface area contributed by atoms with Crippen molar-refractivity contribution >= 4 is 27.5 Å². The molecule has 1 aromatic heterocycles. The third kappa shape index (κ3) is 3.33. The van der Waals surface area contributed by atoms with E-state index in [1.807, 2.05) is 11.6 Å². The molecule has 1 aromatic carbocycles. The molecule has 5 heteroatoms. The van der Waals surface area contributed by atoms with E-state index in [1.165, 1.54) is 11.1 Å². The van der Waals surface area contributed by atoms with Gasteiger partial charge in [0.25, 0.3) is 0 Å². The Balaban J connectivity index is 2.32. The largest absolute Gasteiger partial charge is 0.324 e. The zero-order valence-electron chi connectivity index (χ0n) is 12.9. The summed E-state index contributed by atoms with van der Waals surface area (Å²) in [6.45, 7) is 8.96. The number of halogens is 2. The standard InChI is InChI=1S/C16H21BrClN3/c1-5-21-14(16(18)11(4)20-21)8-13(19)12-6-9(2)15(17)10(3)7-12/h6-7,13H,5,8,19H2,1-4H3. The molecule has 0 spiro atoms. The molecule has 0 saturated carbocycles. The average Bonchev–Trinajstić information content (AvgIpc) is 2.71. The molecule has 0 radical (unpaired) electrons. The molecule has 2 rings (SSSR count). The van der Waals surface area contributed by atoms with Crippen LogP contribution < -0.4 is 5.73 Å². The predicted octanol–water partition coefficient (Wildman–Crippen LogP) is 4.49. The van der Waals surface area contributed by atoms with Crippen molar-refractivity contribution in [3.63, 3.8) is 0 Å². The zero-order valence-corrected chi connectivity index (χ0v) is 15.2. The molecule has 114 valence electrons. The van der Waals surface area contributed by atoms with Crippen molar-refractivity contribution in [2.24, 2.45) is 5.73 Å². The van der Waals surface area contributed by atoms with Gasteiger partial charge >= 0.3 is 0 Å². The number of hydrogen-bond donors (Lipinski definition) is 1. The molecule has 0 bridgehead atoms. The Hall–Kier alpha value is -0.840. The third-order valence-electron chi connectivity index (χ3n) is 3.75. The quantitative estimate of drug-likeness (QED) is 0.862. The molecule has 0 aliphatic carbocycles. The van der Waals surface area contributed by atoms with Gasteiger partial charge in [-0.25, -0.2) is 0 Å². The minimum atomic E-state index is -0.0885. The van der Waals surface area contributed by atoms with E-state index >= 15 is 0 Å². The number of hydrogen-bond acceptors (Lipinski definition) is 2. The second kappa shape index (κ2) is 6.51. The molecule has 1 atom stereocenters. The van der Waals surface area contributed by atoms with E-state index in [4.69, 9.17) is 17.3 Å². The van der Waals surface area contributed by atoms with Crippen LogP contribution in [0.4, 0.5) is 0 Å². The number of nitrogens with two attached hydrogens (primary N) is 1. The van der Waals surface area contributed by atoms with Crippen LogP contribution >= 0.6 is 27.5 Å². The maximum absolute atomic E-state index is 6.40. The van der Waals surface area contributed by atoms with Crippen LogP contribution in [-0.4, -0.2) is 9.78 Å². The van der Waals surface area contributed by atoms with Crippen molar-refractivity contribution < 1.29 is 0 Å². The molecule has 21 heavy (non-hydrogen) atoms. The summed E-state index contributed by atoms with van der Waals surface area (Å²) in [5.74, 6) is 0. The topological polar surface area (TPSA) is 43.8 Å². The highest BCUT2D eigenvalue weighted by molar-refractivity contribution is 9.10. The smallest absolute Gasteiger partial charge is 0.0847 e. The van der Waals surface area contributed by atoms with Crippen LogP contribution in [-0.2, 0) is 13.0 Å². The van der Waals surface area contributed by atoms with Crippen LogP contribution in [0.1, 0.15) is 41.0 Å². The van der Waals surface area contributed by atoms with E-state index < -0.39 is 0 Å². The lowest BCUT2D eigenvalue weighted by molar-refractivity contribution is 0.587. The Morgan fingerprint density at radius 1 is 1.29 bits per heavy atom. The lowest BCUT2D eigenvalue weighted by Crippen LogP contribution is -2.17. The van der Waals surface area contributed by atoms with Gasteiger partial charge in [0, 0.05) is 23.5 Å². The number of aryl methyl sites for hydroxylation is 4. The molecule has 1 unspecified atom stereocenters. The molecule has 0 aliphatic rings. The molecule has 0 amide bonds. The summed E-state index contributed by atoms with van der Waals surface area (Å²) in [5, 5.41) is 5.18. The van der Waals surface area contributed by atoms with Crippen LogP contribution in [0.15, 0.2) is 16.6 Å². The van der Waals surface area contributed by atoms with E-state index in [1.54, 1.807) is 0 Å². The summed E-state index contributed by atoms with van der Waals surface area (Å²) in [7, 11) is 0. The minimum absolute atomic E-state index is 0.0885. The van der Waals surface area contributed by atoms with Gasteiger partial charge in [0.1, 0.15) is 0 Å². The first-order chi connectivity index (χ1) is 9.85. The van der Waals surface area contributed by atoms with Gasteiger partial charge in [-0.1, -0.05) is 39.7 Å². The Labute approximate surface area is 139 Å². The number of rotatable bonds is 4. The molecule has 2 aromatic rings. The first kappa shape index (κ1) is 16.5. The van der Waals surface area contributed by atoms with Crippen LogP contribution in [0, 0.1) is 20.8 Å². The number of nitrogens with zero attached hydrogens (tertiary/aromatic N) is 2. The monoisotopic (exact) mass is 369 g/mol. The number of benzene rings is 1. The molecule has 0 aliphatic heterocycles. The van der Waals surface area contributed by atoms with Gasteiger partial charge in [-0.15, -0.1) is 0 Å². The van der Waals surface area contributed by atoms with Crippen molar-refractivity contribution in [3.05, 3.63) is 49.7 Å². The Morgan fingerprint density at radius 3 is 2.38 bits per heavy atom. The third-order valence-corrected chi connectivity index (χ3v) is 5.50. The van der Waals surface area contributed by atoms with Gasteiger partial charge in [-0.2, -0.15) is 5.10 Å². The molecule has 0 saturated heterocycles. The van der Waals surface area contributed by atoms with Crippen molar-refractivity contribution in [1.29, 1.82) is 0 Å². The highest BCUT2D eigenvalue weighted by atomic mass is 79.9. The van der Waals surface area contributed by atoms with E-state index in [0.717, 1.165) is 33.0 Å². The van der Waals surface area contributed by atoms with Crippen LogP contribution in [0.2, 0.25) is 5.02 Å². The lowest BCUT2D eigenvalue weighted by atomic mass is 9.98. The molecular weight excluding hydrogens is 350 g/mol. The summed E-state index contributed by atoms with van der Waals surface area (Å²) in [6, 6.07) is 4.18. The normalized spacial score (nSPS) is 12.7. The second-order valence-corrected chi connectivity index (χ2v) is 6.61. The van der Waals surface area contributed by atoms with Gasteiger partial charge in [-0.05, 0) is 44.4 Å². The van der Waals surface area contributed by atoms with Crippen LogP contribution in [0.25, 0.3) is 0 Å². The maximum Gasteiger partial charge on any atom is 0.0847 e. The molecule has 2 N–H and O–H groups in total. The second-order valence-electron chi connectivity index (χ2n) is 5.44. The summed E-state index contributed by atoms with van der Waals surface area (Å²) in [6.07, 6.45) is 0.689. The van der Waals surface area contributed by atoms with Crippen molar-refractivity contribution in [1.82, 2.24) is 9.78 Å². The summed E-state index contributed by atoms with van der Waals surface area (Å²) < 4.78 is 3.08. The highest BCUT2D eigenvalue weighted by Crippen LogP contribution is 2.28. The van der Waals surface area contributed by atoms with E-state index in [9.17, 15) is 0 Å². The lowest BCUT2D eigenvalue weighted by Gasteiger charge is -2.16. The van der Waals surface area contributed by atoms with E-state index in [0.29, 0.717) is 6.42 Å². The fourth-order valence-corrected chi connectivity index (χ4v) is 3.03. The number of aromatic nitrogens is 2. The summed E-state index contributed by atoms with van der Waals surface area (Å²) >= 11 is 9.96. The predicted molar refractivity (Wildman–Crippen MR) is 91.9 cm³/mol. The minimum Gasteiger partial charge on any atom is -0.324 e. The molecule has 3 nitrogen and oxygen atoms in total. The first-order valence-corrected chi connectivity index (χ1v) is 8.26. The Morgan fingerprint density at radius 2 is 1.86 bits per heavy atom. The Kier molecular flexibility index (Phi) is 5.12. The summed E-state index contributed by atoms with van der Waals surface area (Å²) in [4.78, 5) is 0. The van der Waals surface area contributed by atoms with Gasteiger partial charge in [0.05, 0.1) is 16.4 Å². The fraction of sp³-hybridized carbons (Fsp3) is 0.438.